The second kappa shape index (κ2) is 3.66. The number of aromatic nitrogens is 2. The summed E-state index contributed by atoms with van der Waals surface area (Å²) in [6.45, 7) is 4.12. The zero-order chi connectivity index (χ0) is 11.0. The van der Waals surface area contributed by atoms with E-state index >= 15 is 0 Å². The average molecular weight is 203 g/mol. The topological polar surface area (TPSA) is 43.8 Å². The molecule has 1 aromatic heterocycles. The Balaban J connectivity index is 2.49. The quantitative estimate of drug-likeness (QED) is 0.808. The van der Waals surface area contributed by atoms with Crippen molar-refractivity contribution in [1.29, 1.82) is 0 Å². The van der Waals surface area contributed by atoms with Crippen molar-refractivity contribution in [2.45, 2.75) is 26.3 Å². The minimum absolute atomic E-state index is 0.208. The van der Waals surface area contributed by atoms with Gasteiger partial charge < -0.3 is 5.73 Å². The van der Waals surface area contributed by atoms with Crippen molar-refractivity contribution in [3.05, 3.63) is 29.5 Å². The van der Waals surface area contributed by atoms with Crippen molar-refractivity contribution >= 4 is 10.9 Å². The van der Waals surface area contributed by atoms with E-state index in [1.54, 1.807) is 0 Å². The Morgan fingerprint density at radius 2 is 2.20 bits per heavy atom. The molecule has 0 saturated heterocycles. The summed E-state index contributed by atoms with van der Waals surface area (Å²) >= 11 is 0. The van der Waals surface area contributed by atoms with Crippen LogP contribution in [0.4, 0.5) is 0 Å². The Kier molecular flexibility index (Phi) is 2.49. The number of aryl methyl sites for hydroxylation is 2. The van der Waals surface area contributed by atoms with Crippen molar-refractivity contribution in [3.8, 4) is 0 Å². The molecule has 0 spiro atoms. The minimum Gasteiger partial charge on any atom is -0.328 e. The van der Waals surface area contributed by atoms with Gasteiger partial charge in [0.2, 0.25) is 0 Å². The van der Waals surface area contributed by atoms with E-state index in [-0.39, 0.29) is 6.04 Å². The fourth-order valence-corrected chi connectivity index (χ4v) is 1.87. The van der Waals surface area contributed by atoms with Crippen LogP contribution >= 0.6 is 0 Å². The lowest BCUT2D eigenvalue weighted by Gasteiger charge is -2.04. The van der Waals surface area contributed by atoms with E-state index in [9.17, 15) is 0 Å². The molecule has 1 atom stereocenters. The minimum atomic E-state index is 0.208. The molecule has 0 aliphatic carbocycles. The number of fused-ring (bicyclic) bond motifs is 1. The number of hydrogen-bond acceptors (Lipinski definition) is 2. The van der Waals surface area contributed by atoms with Crippen LogP contribution in [-0.4, -0.2) is 15.8 Å². The molecule has 80 valence electrons. The van der Waals surface area contributed by atoms with Gasteiger partial charge >= 0.3 is 0 Å². The molecular weight excluding hydrogens is 186 g/mol. The molecule has 2 rings (SSSR count). The van der Waals surface area contributed by atoms with Crippen molar-refractivity contribution < 1.29 is 0 Å². The monoisotopic (exact) mass is 203 g/mol. The molecule has 0 fully saturated rings. The van der Waals surface area contributed by atoms with Crippen LogP contribution in [0.2, 0.25) is 0 Å². The van der Waals surface area contributed by atoms with E-state index in [0.29, 0.717) is 0 Å². The lowest BCUT2D eigenvalue weighted by atomic mass is 10.1. The van der Waals surface area contributed by atoms with Crippen LogP contribution in [-0.2, 0) is 13.5 Å². The molecule has 0 amide bonds. The molecule has 2 aromatic rings. The van der Waals surface area contributed by atoms with Crippen LogP contribution in [0, 0.1) is 6.92 Å². The summed E-state index contributed by atoms with van der Waals surface area (Å²) in [4.78, 5) is 0. The van der Waals surface area contributed by atoms with Gasteiger partial charge in [0.15, 0.2) is 0 Å². The first kappa shape index (κ1) is 10.2. The van der Waals surface area contributed by atoms with Crippen LogP contribution in [0.1, 0.15) is 18.2 Å². The van der Waals surface area contributed by atoms with Gasteiger partial charge in [0.05, 0.1) is 5.52 Å². The maximum atomic E-state index is 5.79. The van der Waals surface area contributed by atoms with Crippen LogP contribution in [0.15, 0.2) is 18.2 Å². The zero-order valence-corrected chi connectivity index (χ0v) is 9.49. The summed E-state index contributed by atoms with van der Waals surface area (Å²) in [5.41, 5.74) is 9.34. The molecule has 2 N–H and O–H groups in total. The average Bonchev–Trinajstić information content (AvgIpc) is 2.43. The number of nitrogens with two attached hydrogens (primary N) is 1. The summed E-state index contributed by atoms with van der Waals surface area (Å²) in [5, 5.41) is 5.65. The smallest absolute Gasteiger partial charge is 0.0926 e. The largest absolute Gasteiger partial charge is 0.328 e. The Hall–Kier alpha value is -1.35. The molecular formula is C12H17N3. The number of benzene rings is 1. The van der Waals surface area contributed by atoms with Gasteiger partial charge in [-0.25, -0.2) is 0 Å². The molecule has 3 nitrogen and oxygen atoms in total. The Labute approximate surface area is 89.9 Å². The Morgan fingerprint density at radius 1 is 1.47 bits per heavy atom. The summed E-state index contributed by atoms with van der Waals surface area (Å²) < 4.78 is 1.92. The summed E-state index contributed by atoms with van der Waals surface area (Å²) in [5.74, 6) is 0. The summed E-state index contributed by atoms with van der Waals surface area (Å²) in [6.07, 6.45) is 0.921. The molecule has 1 unspecified atom stereocenters. The molecule has 0 aliphatic heterocycles. The van der Waals surface area contributed by atoms with E-state index in [4.69, 9.17) is 5.73 Å². The maximum Gasteiger partial charge on any atom is 0.0926 e. The second-order valence-corrected chi connectivity index (χ2v) is 4.24. The molecule has 0 saturated carbocycles. The SMILES string of the molecule is Cc1c2cc(CC(C)N)ccc2nn1C. The molecule has 0 aliphatic rings. The van der Waals surface area contributed by atoms with Gasteiger partial charge in [-0.1, -0.05) is 6.07 Å². The van der Waals surface area contributed by atoms with Crippen molar-refractivity contribution in [3.63, 3.8) is 0 Å². The normalized spacial score (nSPS) is 13.3. The zero-order valence-electron chi connectivity index (χ0n) is 9.49. The van der Waals surface area contributed by atoms with Crippen molar-refractivity contribution in [2.75, 3.05) is 0 Å². The molecule has 0 radical (unpaired) electrons. The fraction of sp³-hybridized carbons (Fsp3) is 0.417. The van der Waals surface area contributed by atoms with E-state index < -0.39 is 0 Å². The van der Waals surface area contributed by atoms with Crippen LogP contribution < -0.4 is 5.73 Å². The van der Waals surface area contributed by atoms with Gasteiger partial charge in [0, 0.05) is 24.2 Å². The number of hydrogen-bond donors (Lipinski definition) is 1. The number of nitrogens with zero attached hydrogens (tertiary/aromatic N) is 2. The van der Waals surface area contributed by atoms with E-state index in [0.717, 1.165) is 11.9 Å². The third-order valence-electron chi connectivity index (χ3n) is 2.75. The highest BCUT2D eigenvalue weighted by Crippen LogP contribution is 2.19. The first-order valence-corrected chi connectivity index (χ1v) is 5.25. The first-order chi connectivity index (χ1) is 7.08. The van der Waals surface area contributed by atoms with Crippen LogP contribution in [0.25, 0.3) is 10.9 Å². The van der Waals surface area contributed by atoms with E-state index in [1.807, 2.05) is 18.7 Å². The highest BCUT2D eigenvalue weighted by atomic mass is 15.3. The third kappa shape index (κ3) is 1.88. The lowest BCUT2D eigenvalue weighted by molar-refractivity contribution is 0.739. The standard InChI is InChI=1S/C12H17N3/c1-8(13)6-10-4-5-12-11(7-10)9(2)15(3)14-12/h4-5,7-8H,6,13H2,1-3H3. The fourth-order valence-electron chi connectivity index (χ4n) is 1.87. The summed E-state index contributed by atoms with van der Waals surface area (Å²) in [6, 6.07) is 6.58. The van der Waals surface area contributed by atoms with Crippen molar-refractivity contribution in [1.82, 2.24) is 9.78 Å². The Morgan fingerprint density at radius 3 is 2.87 bits per heavy atom. The summed E-state index contributed by atoms with van der Waals surface area (Å²) in [7, 11) is 1.97. The van der Waals surface area contributed by atoms with Gasteiger partial charge in [-0.3, -0.25) is 4.68 Å². The maximum absolute atomic E-state index is 5.79. The van der Waals surface area contributed by atoms with Gasteiger partial charge in [-0.2, -0.15) is 5.10 Å². The van der Waals surface area contributed by atoms with Gasteiger partial charge in [-0.15, -0.1) is 0 Å². The predicted molar refractivity (Wildman–Crippen MR) is 62.8 cm³/mol. The molecule has 15 heavy (non-hydrogen) atoms. The van der Waals surface area contributed by atoms with Crippen LogP contribution in [0.3, 0.4) is 0 Å². The van der Waals surface area contributed by atoms with Crippen molar-refractivity contribution in [2.24, 2.45) is 12.8 Å². The second-order valence-electron chi connectivity index (χ2n) is 4.24. The molecule has 3 heteroatoms. The van der Waals surface area contributed by atoms with Crippen LogP contribution in [0.5, 0.6) is 0 Å². The predicted octanol–water partition coefficient (Wildman–Crippen LogP) is 1.77. The highest BCUT2D eigenvalue weighted by molar-refractivity contribution is 5.82. The van der Waals surface area contributed by atoms with E-state index in [1.165, 1.54) is 16.6 Å². The van der Waals surface area contributed by atoms with Gasteiger partial charge in [0.1, 0.15) is 0 Å². The lowest BCUT2D eigenvalue weighted by Crippen LogP contribution is -2.17. The number of rotatable bonds is 2. The van der Waals surface area contributed by atoms with Gasteiger partial charge in [-0.05, 0) is 38.0 Å². The molecule has 1 aromatic carbocycles. The van der Waals surface area contributed by atoms with Gasteiger partial charge in [0.25, 0.3) is 0 Å². The van der Waals surface area contributed by atoms with E-state index in [2.05, 4.69) is 30.2 Å². The molecule has 1 heterocycles. The molecule has 0 bridgehead atoms. The third-order valence-corrected chi connectivity index (χ3v) is 2.75. The Bertz CT molecular complexity index is 483. The highest BCUT2D eigenvalue weighted by Gasteiger charge is 2.06. The first-order valence-electron chi connectivity index (χ1n) is 5.25.